The molecule has 0 heterocycles. The minimum absolute atomic E-state index is 0.0592. The van der Waals surface area contributed by atoms with Crippen molar-refractivity contribution in [3.8, 4) is 0 Å². The van der Waals surface area contributed by atoms with Crippen molar-refractivity contribution in [1.82, 2.24) is 0 Å². The number of rotatable bonds is 1. The third-order valence-corrected chi connectivity index (χ3v) is 7.72. The lowest BCUT2D eigenvalue weighted by Gasteiger charge is -2.55. The summed E-state index contributed by atoms with van der Waals surface area (Å²) in [7, 11) is 0. The quantitative estimate of drug-likeness (QED) is 0.662. The summed E-state index contributed by atoms with van der Waals surface area (Å²) >= 11 is 0. The first kappa shape index (κ1) is 16.1. The molecule has 24 heavy (non-hydrogen) atoms. The molecule has 1 unspecified atom stereocenters. The van der Waals surface area contributed by atoms with E-state index in [9.17, 15) is 9.59 Å². The van der Waals surface area contributed by atoms with Gasteiger partial charge in [-0.2, -0.15) is 0 Å². The summed E-state index contributed by atoms with van der Waals surface area (Å²) < 4.78 is 5.36. The first-order chi connectivity index (χ1) is 11.3. The molecule has 5 atom stereocenters. The van der Waals surface area contributed by atoms with Crippen molar-refractivity contribution in [2.75, 3.05) is 0 Å². The molecule has 0 radical (unpaired) electrons. The largest absolute Gasteiger partial charge is 0.431 e. The van der Waals surface area contributed by atoms with Gasteiger partial charge in [-0.1, -0.05) is 19.9 Å². The molecule has 0 aromatic heterocycles. The number of ketones is 1. The summed E-state index contributed by atoms with van der Waals surface area (Å²) in [5.41, 5.74) is 1.48. The third kappa shape index (κ3) is 2.16. The van der Waals surface area contributed by atoms with E-state index in [0.717, 1.165) is 50.7 Å². The van der Waals surface area contributed by atoms with Crippen molar-refractivity contribution < 1.29 is 14.3 Å². The van der Waals surface area contributed by atoms with Crippen molar-refractivity contribution in [3.63, 3.8) is 0 Å². The fourth-order valence-electron chi connectivity index (χ4n) is 6.34. The van der Waals surface area contributed by atoms with Gasteiger partial charge in [-0.05, 0) is 66.9 Å². The minimum atomic E-state index is -0.225. The van der Waals surface area contributed by atoms with Crippen LogP contribution >= 0.6 is 0 Å². The average Bonchev–Trinajstić information content (AvgIpc) is 2.83. The van der Waals surface area contributed by atoms with Gasteiger partial charge in [0.25, 0.3) is 0 Å². The second-order valence-corrected chi connectivity index (χ2v) is 8.81. The molecule has 4 aliphatic rings. The number of allylic oxidation sites excluding steroid dienone is 4. The molecule has 0 aromatic carbocycles. The lowest BCUT2D eigenvalue weighted by atomic mass is 9.49. The fraction of sp³-hybridized carbons (Fsp3) is 0.714. The number of Topliss-reactive ketones (excluding diaryl/α,β-unsaturated/α-hetero) is 1. The maximum absolute atomic E-state index is 12.4. The Morgan fingerprint density at radius 1 is 1.12 bits per heavy atom. The Morgan fingerprint density at radius 3 is 2.62 bits per heavy atom. The number of hydrogen-bond acceptors (Lipinski definition) is 3. The summed E-state index contributed by atoms with van der Waals surface area (Å²) in [5, 5.41) is 0. The van der Waals surface area contributed by atoms with Gasteiger partial charge in [0.05, 0.1) is 0 Å². The number of carbonyl (C=O) groups is 2. The summed E-state index contributed by atoms with van der Waals surface area (Å²) in [4.78, 5) is 23.7. The highest BCUT2D eigenvalue weighted by molar-refractivity contribution is 5.87. The standard InChI is InChI=1S/C21H28O3/c1-13(22)24-15-8-10-20(2)14(12-15)4-5-16-17-6-7-19(23)21(17,3)11-9-18(16)20/h4,12,16-18H,5-11H2,1-3H3/t16-,17-,18?,20-,21-/m0/s1. The monoisotopic (exact) mass is 328 g/mol. The Bertz CT molecular complexity index is 658. The van der Waals surface area contributed by atoms with E-state index in [0.29, 0.717) is 23.5 Å². The Morgan fingerprint density at radius 2 is 1.88 bits per heavy atom. The van der Waals surface area contributed by atoms with Crippen LogP contribution in [0.2, 0.25) is 0 Å². The molecule has 0 bridgehead atoms. The van der Waals surface area contributed by atoms with E-state index in [1.54, 1.807) is 0 Å². The van der Waals surface area contributed by atoms with Crippen molar-refractivity contribution in [3.05, 3.63) is 23.5 Å². The maximum Gasteiger partial charge on any atom is 0.307 e. The highest BCUT2D eigenvalue weighted by Gasteiger charge is 2.58. The van der Waals surface area contributed by atoms with E-state index in [2.05, 4.69) is 26.0 Å². The van der Waals surface area contributed by atoms with E-state index in [-0.39, 0.29) is 16.8 Å². The van der Waals surface area contributed by atoms with Gasteiger partial charge in [0.2, 0.25) is 0 Å². The van der Waals surface area contributed by atoms with Crippen molar-refractivity contribution in [2.45, 2.75) is 65.7 Å². The molecule has 0 amide bonds. The van der Waals surface area contributed by atoms with Gasteiger partial charge in [0.15, 0.2) is 0 Å². The van der Waals surface area contributed by atoms with Gasteiger partial charge < -0.3 is 4.74 Å². The second-order valence-electron chi connectivity index (χ2n) is 8.81. The first-order valence-corrected chi connectivity index (χ1v) is 9.47. The number of fused-ring (bicyclic) bond motifs is 5. The molecular weight excluding hydrogens is 300 g/mol. The van der Waals surface area contributed by atoms with Crippen LogP contribution in [0.15, 0.2) is 23.5 Å². The molecule has 4 rings (SSSR count). The second kappa shape index (κ2) is 5.31. The van der Waals surface area contributed by atoms with Gasteiger partial charge in [-0.25, -0.2) is 0 Å². The topological polar surface area (TPSA) is 43.4 Å². The molecule has 0 aromatic rings. The van der Waals surface area contributed by atoms with E-state index in [4.69, 9.17) is 4.74 Å². The molecule has 2 fully saturated rings. The number of esters is 1. The van der Waals surface area contributed by atoms with Crippen molar-refractivity contribution in [1.29, 1.82) is 0 Å². The normalized spacial score (nSPS) is 44.0. The molecule has 0 aliphatic heterocycles. The molecule has 0 N–H and O–H groups in total. The van der Waals surface area contributed by atoms with Gasteiger partial charge in [-0.15, -0.1) is 0 Å². The van der Waals surface area contributed by atoms with Crippen molar-refractivity contribution >= 4 is 11.8 Å². The Balaban J connectivity index is 1.66. The molecule has 4 aliphatic carbocycles. The molecule has 3 heteroatoms. The number of hydrogen-bond donors (Lipinski definition) is 0. The Kier molecular flexibility index (Phi) is 3.56. The Hall–Kier alpha value is -1.38. The van der Waals surface area contributed by atoms with E-state index in [1.165, 1.54) is 12.5 Å². The van der Waals surface area contributed by atoms with Crippen molar-refractivity contribution in [2.24, 2.45) is 28.6 Å². The zero-order valence-corrected chi connectivity index (χ0v) is 15.1. The van der Waals surface area contributed by atoms with Gasteiger partial charge >= 0.3 is 5.97 Å². The van der Waals surface area contributed by atoms with Crippen LogP contribution in [0.25, 0.3) is 0 Å². The number of ether oxygens (including phenoxy) is 1. The molecular formula is C21H28O3. The smallest absolute Gasteiger partial charge is 0.307 e. The third-order valence-electron chi connectivity index (χ3n) is 7.72. The van der Waals surface area contributed by atoms with Crippen LogP contribution < -0.4 is 0 Å². The van der Waals surface area contributed by atoms with Crippen LogP contribution in [-0.4, -0.2) is 11.8 Å². The molecule has 130 valence electrons. The zero-order chi connectivity index (χ0) is 17.1. The summed E-state index contributed by atoms with van der Waals surface area (Å²) in [6, 6.07) is 0. The lowest BCUT2D eigenvalue weighted by Crippen LogP contribution is -2.49. The predicted octanol–water partition coefficient (Wildman–Crippen LogP) is 4.58. The SMILES string of the molecule is CC(=O)OC1=CC2=CC[C@@H]3C(CC[C@]4(C)C(=O)CC[C@@H]34)[C@@]2(C)CC1. The van der Waals surface area contributed by atoms with Gasteiger partial charge in [0.1, 0.15) is 11.5 Å². The molecule has 3 nitrogen and oxygen atoms in total. The summed E-state index contributed by atoms with van der Waals surface area (Å²) in [5.74, 6) is 2.98. The van der Waals surface area contributed by atoms with Crippen LogP contribution in [0.4, 0.5) is 0 Å². The van der Waals surface area contributed by atoms with Crippen LogP contribution in [0.1, 0.15) is 65.7 Å². The van der Waals surface area contributed by atoms with Gasteiger partial charge in [0, 0.05) is 25.2 Å². The molecule has 2 saturated carbocycles. The van der Waals surface area contributed by atoms with Crippen LogP contribution in [0.3, 0.4) is 0 Å². The number of carbonyl (C=O) groups excluding carboxylic acids is 2. The average molecular weight is 328 g/mol. The fourth-order valence-corrected chi connectivity index (χ4v) is 6.34. The van der Waals surface area contributed by atoms with Crippen LogP contribution in [0, 0.1) is 28.6 Å². The predicted molar refractivity (Wildman–Crippen MR) is 91.9 cm³/mol. The summed E-state index contributed by atoms with van der Waals surface area (Å²) in [6.45, 7) is 6.10. The van der Waals surface area contributed by atoms with Crippen LogP contribution in [0.5, 0.6) is 0 Å². The van der Waals surface area contributed by atoms with E-state index in [1.807, 2.05) is 0 Å². The van der Waals surface area contributed by atoms with E-state index >= 15 is 0 Å². The van der Waals surface area contributed by atoms with Crippen LogP contribution in [-0.2, 0) is 14.3 Å². The maximum atomic E-state index is 12.4. The highest BCUT2D eigenvalue weighted by atomic mass is 16.5. The molecule has 0 saturated heterocycles. The zero-order valence-electron chi connectivity index (χ0n) is 15.1. The lowest BCUT2D eigenvalue weighted by molar-refractivity contribution is -0.137. The molecule has 0 spiro atoms. The summed E-state index contributed by atoms with van der Waals surface area (Å²) in [6.07, 6.45) is 11.6. The van der Waals surface area contributed by atoms with Gasteiger partial charge in [-0.3, -0.25) is 9.59 Å². The first-order valence-electron chi connectivity index (χ1n) is 9.47. The van der Waals surface area contributed by atoms with E-state index < -0.39 is 0 Å². The minimum Gasteiger partial charge on any atom is -0.431 e. The Labute approximate surface area is 144 Å². The highest BCUT2D eigenvalue weighted by Crippen LogP contribution is 2.63.